The number of carbonyl (C=O) groups excluding carboxylic acids is 2. The molecule has 5 heteroatoms. The summed E-state index contributed by atoms with van der Waals surface area (Å²) in [5.74, 6) is -0.587. The summed E-state index contributed by atoms with van der Waals surface area (Å²) in [6, 6.07) is 8.95. The van der Waals surface area contributed by atoms with Crippen molar-refractivity contribution in [2.75, 3.05) is 0 Å². The molecule has 2 aromatic rings. The molecule has 0 amide bonds. The third-order valence-corrected chi connectivity index (χ3v) is 4.97. The Bertz CT molecular complexity index is 838. The summed E-state index contributed by atoms with van der Waals surface area (Å²) in [7, 11) is 0. The van der Waals surface area contributed by atoms with E-state index in [4.69, 9.17) is 16.3 Å². The normalized spacial score (nSPS) is 16.9. The van der Waals surface area contributed by atoms with Crippen molar-refractivity contribution in [2.45, 2.75) is 58.6 Å². The van der Waals surface area contributed by atoms with Gasteiger partial charge in [0.2, 0.25) is 5.78 Å². The summed E-state index contributed by atoms with van der Waals surface area (Å²) in [4.78, 5) is 25.7. The van der Waals surface area contributed by atoms with Crippen molar-refractivity contribution in [3.63, 3.8) is 0 Å². The fraction of sp³-hybridized carbons (Fsp3) is 0.429. The number of ketones is 1. The summed E-state index contributed by atoms with van der Waals surface area (Å²) in [6.45, 7) is 6.36. The van der Waals surface area contributed by atoms with E-state index >= 15 is 0 Å². The van der Waals surface area contributed by atoms with Crippen molar-refractivity contribution < 1.29 is 14.3 Å². The van der Waals surface area contributed by atoms with Gasteiger partial charge in [-0.3, -0.25) is 9.59 Å². The molecule has 1 unspecified atom stereocenters. The Morgan fingerprint density at radius 3 is 2.69 bits per heavy atom. The number of ether oxygens (including phenoxy) is 1. The molecule has 0 fully saturated rings. The van der Waals surface area contributed by atoms with Gasteiger partial charge < -0.3 is 9.30 Å². The lowest BCUT2D eigenvalue weighted by Gasteiger charge is -2.18. The number of fused-ring (bicyclic) bond motifs is 1. The lowest BCUT2D eigenvalue weighted by atomic mass is 9.99. The number of hydrogen-bond acceptors (Lipinski definition) is 3. The number of carbonyl (C=O) groups is 2. The zero-order valence-electron chi connectivity index (χ0n) is 15.4. The largest absolute Gasteiger partial charge is 0.462 e. The van der Waals surface area contributed by atoms with Gasteiger partial charge >= 0.3 is 5.97 Å². The number of hydrogen-bond donors (Lipinski definition) is 0. The van der Waals surface area contributed by atoms with Crippen LogP contribution < -0.4 is 0 Å². The van der Waals surface area contributed by atoms with Crippen LogP contribution in [0.3, 0.4) is 0 Å². The van der Waals surface area contributed by atoms with Crippen LogP contribution in [0.2, 0.25) is 5.02 Å². The fourth-order valence-electron chi connectivity index (χ4n) is 3.63. The number of aromatic nitrogens is 1. The van der Waals surface area contributed by atoms with Gasteiger partial charge in [-0.05, 0) is 57.4 Å². The van der Waals surface area contributed by atoms with Crippen molar-refractivity contribution in [2.24, 2.45) is 0 Å². The second-order valence-electron chi connectivity index (χ2n) is 7.13. The minimum absolute atomic E-state index is 0.0610. The molecule has 138 valence electrons. The Balaban J connectivity index is 2.03. The molecule has 0 saturated heterocycles. The topological polar surface area (TPSA) is 48.3 Å². The molecule has 3 rings (SSSR count). The first kappa shape index (κ1) is 18.7. The van der Waals surface area contributed by atoms with Crippen LogP contribution in [-0.4, -0.2) is 22.4 Å². The second kappa shape index (κ2) is 7.67. The molecule has 1 atom stereocenters. The maximum atomic E-state index is 13.1. The minimum Gasteiger partial charge on any atom is -0.462 e. The van der Waals surface area contributed by atoms with Gasteiger partial charge in [0.05, 0.1) is 17.7 Å². The van der Waals surface area contributed by atoms with Gasteiger partial charge in [-0.1, -0.05) is 30.2 Å². The summed E-state index contributed by atoms with van der Waals surface area (Å²) >= 11 is 6.05. The predicted octanol–water partition coefficient (Wildman–Crippen LogP) is 4.90. The highest BCUT2D eigenvalue weighted by atomic mass is 35.5. The van der Waals surface area contributed by atoms with Crippen LogP contribution in [-0.2, 0) is 16.1 Å². The van der Waals surface area contributed by atoms with E-state index in [-0.39, 0.29) is 23.8 Å². The van der Waals surface area contributed by atoms with Gasteiger partial charge in [0.25, 0.3) is 0 Å². The van der Waals surface area contributed by atoms with Gasteiger partial charge in [0.1, 0.15) is 0 Å². The lowest BCUT2D eigenvalue weighted by Crippen LogP contribution is -2.22. The number of rotatable bonds is 4. The van der Waals surface area contributed by atoms with E-state index in [2.05, 4.69) is 0 Å². The molecule has 0 spiro atoms. The molecule has 26 heavy (non-hydrogen) atoms. The molecule has 1 aliphatic rings. The van der Waals surface area contributed by atoms with E-state index < -0.39 is 0 Å². The van der Waals surface area contributed by atoms with Crippen LogP contribution >= 0.6 is 11.6 Å². The first-order valence-electron chi connectivity index (χ1n) is 9.09. The predicted molar refractivity (Wildman–Crippen MR) is 102 cm³/mol. The van der Waals surface area contributed by atoms with Crippen molar-refractivity contribution in [1.82, 2.24) is 4.57 Å². The molecule has 4 nitrogen and oxygen atoms in total. The standard InChI is InChI=1S/C21H24ClNO3/c1-13(2)26-21(25)17-9-4-5-10-23-18(17)11-14(3)19(23)20(24)15-7-6-8-16(22)12-15/h6-8,11-13,17H,4-5,9-10H2,1-3H3. The quantitative estimate of drug-likeness (QED) is 0.565. The Hall–Kier alpha value is -2.07. The average Bonchev–Trinajstić information content (AvgIpc) is 2.75. The maximum Gasteiger partial charge on any atom is 0.315 e. The van der Waals surface area contributed by atoms with Crippen molar-refractivity contribution in [3.8, 4) is 0 Å². The average molecular weight is 374 g/mol. The highest BCUT2D eigenvalue weighted by molar-refractivity contribution is 6.31. The lowest BCUT2D eigenvalue weighted by molar-refractivity contribution is -0.149. The van der Waals surface area contributed by atoms with Crippen molar-refractivity contribution >= 4 is 23.4 Å². The first-order valence-corrected chi connectivity index (χ1v) is 9.47. The minimum atomic E-state index is -0.320. The molecular weight excluding hydrogens is 350 g/mol. The van der Waals surface area contributed by atoms with E-state index in [1.165, 1.54) is 0 Å². The Kier molecular flexibility index (Phi) is 5.52. The van der Waals surface area contributed by atoms with Crippen LogP contribution in [0.5, 0.6) is 0 Å². The van der Waals surface area contributed by atoms with Gasteiger partial charge in [-0.25, -0.2) is 0 Å². The summed E-state index contributed by atoms with van der Waals surface area (Å²) < 4.78 is 7.47. The van der Waals surface area contributed by atoms with E-state index in [1.54, 1.807) is 24.3 Å². The molecule has 0 bridgehead atoms. The molecule has 1 aromatic heterocycles. The summed E-state index contributed by atoms with van der Waals surface area (Å²) in [5.41, 5.74) is 2.98. The van der Waals surface area contributed by atoms with Crippen molar-refractivity contribution in [1.29, 1.82) is 0 Å². The van der Waals surface area contributed by atoms with Crippen LogP contribution in [0.25, 0.3) is 0 Å². The van der Waals surface area contributed by atoms with Crippen LogP contribution in [0.1, 0.15) is 66.3 Å². The number of halogens is 1. The zero-order valence-corrected chi connectivity index (χ0v) is 16.2. The third kappa shape index (κ3) is 3.70. The summed E-state index contributed by atoms with van der Waals surface area (Å²) in [6.07, 6.45) is 2.47. The van der Waals surface area contributed by atoms with Gasteiger partial charge in [-0.2, -0.15) is 0 Å². The van der Waals surface area contributed by atoms with Crippen LogP contribution in [0, 0.1) is 6.92 Å². The third-order valence-electron chi connectivity index (χ3n) is 4.74. The number of esters is 1. The molecule has 2 heterocycles. The molecule has 0 radical (unpaired) electrons. The fourth-order valence-corrected chi connectivity index (χ4v) is 3.82. The Labute approximate surface area is 159 Å². The van der Waals surface area contributed by atoms with Gasteiger partial charge in [0, 0.05) is 22.8 Å². The van der Waals surface area contributed by atoms with E-state index in [0.29, 0.717) is 16.3 Å². The maximum absolute atomic E-state index is 13.1. The monoisotopic (exact) mass is 373 g/mol. The smallest absolute Gasteiger partial charge is 0.315 e. The number of aryl methyl sites for hydroxylation is 1. The molecule has 0 aliphatic carbocycles. The van der Waals surface area contributed by atoms with Gasteiger partial charge in [-0.15, -0.1) is 0 Å². The van der Waals surface area contributed by atoms with E-state index in [1.807, 2.05) is 31.4 Å². The highest BCUT2D eigenvalue weighted by Gasteiger charge is 2.31. The van der Waals surface area contributed by atoms with E-state index in [0.717, 1.165) is 37.1 Å². The highest BCUT2D eigenvalue weighted by Crippen LogP contribution is 2.33. The molecule has 1 aliphatic heterocycles. The molecule has 0 N–H and O–H groups in total. The molecule has 1 aromatic carbocycles. The summed E-state index contributed by atoms with van der Waals surface area (Å²) in [5, 5.41) is 0.537. The Morgan fingerprint density at radius 1 is 1.23 bits per heavy atom. The first-order chi connectivity index (χ1) is 12.4. The second-order valence-corrected chi connectivity index (χ2v) is 7.56. The molecule has 0 saturated carbocycles. The van der Waals surface area contributed by atoms with Crippen molar-refractivity contribution in [3.05, 3.63) is 57.9 Å². The Morgan fingerprint density at radius 2 is 2.00 bits per heavy atom. The number of nitrogens with zero attached hydrogens (tertiary/aromatic N) is 1. The zero-order chi connectivity index (χ0) is 18.8. The molecular formula is C21H24ClNO3. The van der Waals surface area contributed by atoms with Crippen LogP contribution in [0.4, 0.5) is 0 Å². The SMILES string of the molecule is Cc1cc2n(c1C(=O)c1cccc(Cl)c1)CCCCC2C(=O)OC(C)C. The van der Waals surface area contributed by atoms with E-state index in [9.17, 15) is 9.59 Å². The number of benzene rings is 1. The van der Waals surface area contributed by atoms with Crippen LogP contribution in [0.15, 0.2) is 30.3 Å². The van der Waals surface area contributed by atoms with Gasteiger partial charge in [0.15, 0.2) is 0 Å².